The van der Waals surface area contributed by atoms with Crippen molar-refractivity contribution in [3.8, 4) is 0 Å². The lowest BCUT2D eigenvalue weighted by Crippen LogP contribution is -2.42. The van der Waals surface area contributed by atoms with E-state index in [2.05, 4.69) is 24.5 Å². The molecule has 1 fully saturated rings. The summed E-state index contributed by atoms with van der Waals surface area (Å²) in [5.74, 6) is -0.808. The topological polar surface area (TPSA) is 98.8 Å². The Kier molecular flexibility index (Phi) is 7.39. The fourth-order valence-corrected chi connectivity index (χ4v) is 4.01. The molecule has 2 N–H and O–H groups in total. The van der Waals surface area contributed by atoms with Gasteiger partial charge in [0.15, 0.2) is 0 Å². The van der Waals surface area contributed by atoms with E-state index in [-0.39, 0.29) is 5.91 Å². The van der Waals surface area contributed by atoms with Gasteiger partial charge >= 0.3 is 6.03 Å². The number of rotatable bonds is 8. The van der Waals surface area contributed by atoms with Crippen LogP contribution in [-0.2, 0) is 15.1 Å². The second-order valence-electron chi connectivity index (χ2n) is 8.83. The molecular weight excluding hydrogens is 432 g/mol. The molecule has 180 valence electrons. The Hall–Kier alpha value is -3.68. The van der Waals surface area contributed by atoms with Gasteiger partial charge < -0.3 is 15.5 Å². The SMILES string of the molecule is CCN(CC)C(=O)c1cccc(NC(=O)CN2C(=O)NC(C)(c3ccc(C(C)C)cc3)C2=O)c1. The van der Waals surface area contributed by atoms with Crippen LogP contribution in [0.25, 0.3) is 0 Å². The molecule has 0 saturated carbocycles. The molecular formula is C26H32N4O4. The summed E-state index contributed by atoms with van der Waals surface area (Å²) in [6.07, 6.45) is 0. The molecule has 1 atom stereocenters. The standard InChI is InChI=1S/C26H32N4O4/c1-6-29(7-2)23(32)19-9-8-10-21(15-19)27-22(31)16-30-24(33)26(5,28-25(30)34)20-13-11-18(12-14-20)17(3)4/h8-15,17H,6-7,16H2,1-5H3,(H,27,31)(H,28,34). The quantitative estimate of drug-likeness (QED) is 0.582. The number of carbonyl (C=O) groups is 4. The van der Waals surface area contributed by atoms with Crippen LogP contribution in [0.5, 0.6) is 0 Å². The molecule has 5 amide bonds. The molecule has 1 aliphatic heterocycles. The Morgan fingerprint density at radius 3 is 2.29 bits per heavy atom. The first kappa shape index (κ1) is 25.0. The van der Waals surface area contributed by atoms with Gasteiger partial charge in [-0.05, 0) is 56.0 Å². The van der Waals surface area contributed by atoms with Crippen LogP contribution in [0.1, 0.15) is 62.0 Å². The predicted molar refractivity (Wildman–Crippen MR) is 130 cm³/mol. The van der Waals surface area contributed by atoms with Crippen molar-refractivity contribution in [3.63, 3.8) is 0 Å². The molecule has 0 aliphatic carbocycles. The van der Waals surface area contributed by atoms with Gasteiger partial charge in [0.05, 0.1) is 0 Å². The molecule has 1 aliphatic rings. The maximum atomic E-state index is 13.1. The monoisotopic (exact) mass is 464 g/mol. The highest BCUT2D eigenvalue weighted by molar-refractivity contribution is 6.10. The first-order chi connectivity index (χ1) is 16.1. The highest BCUT2D eigenvalue weighted by Crippen LogP contribution is 2.30. The molecule has 1 heterocycles. The van der Waals surface area contributed by atoms with Gasteiger partial charge in [0.1, 0.15) is 12.1 Å². The van der Waals surface area contributed by atoms with Gasteiger partial charge in [-0.3, -0.25) is 19.3 Å². The molecule has 0 spiro atoms. The van der Waals surface area contributed by atoms with Crippen LogP contribution >= 0.6 is 0 Å². The minimum atomic E-state index is -1.25. The lowest BCUT2D eigenvalue weighted by atomic mass is 9.90. The Bertz CT molecular complexity index is 1090. The summed E-state index contributed by atoms with van der Waals surface area (Å²) < 4.78 is 0. The third kappa shape index (κ3) is 4.95. The molecule has 0 bridgehead atoms. The van der Waals surface area contributed by atoms with Crippen molar-refractivity contribution in [1.82, 2.24) is 15.1 Å². The van der Waals surface area contributed by atoms with Crippen molar-refractivity contribution in [3.05, 3.63) is 65.2 Å². The van der Waals surface area contributed by atoms with E-state index in [4.69, 9.17) is 0 Å². The zero-order valence-electron chi connectivity index (χ0n) is 20.3. The molecule has 0 radical (unpaired) electrons. The van der Waals surface area contributed by atoms with Crippen molar-refractivity contribution in [2.75, 3.05) is 25.0 Å². The fraction of sp³-hybridized carbons (Fsp3) is 0.385. The highest BCUT2D eigenvalue weighted by Gasteiger charge is 2.49. The zero-order chi connectivity index (χ0) is 25.0. The van der Waals surface area contributed by atoms with Crippen molar-refractivity contribution >= 4 is 29.4 Å². The normalized spacial score (nSPS) is 17.6. The lowest BCUT2D eigenvalue weighted by molar-refractivity contribution is -0.133. The number of urea groups is 1. The number of benzene rings is 2. The number of amides is 5. The van der Waals surface area contributed by atoms with E-state index in [0.29, 0.717) is 35.8 Å². The van der Waals surface area contributed by atoms with E-state index in [1.54, 1.807) is 36.1 Å². The second-order valence-corrected chi connectivity index (χ2v) is 8.83. The van der Waals surface area contributed by atoms with Gasteiger partial charge in [-0.25, -0.2) is 4.79 Å². The average molecular weight is 465 g/mol. The number of imide groups is 1. The Balaban J connectivity index is 1.71. The van der Waals surface area contributed by atoms with E-state index in [9.17, 15) is 19.2 Å². The number of carbonyl (C=O) groups excluding carboxylic acids is 4. The number of anilines is 1. The van der Waals surface area contributed by atoms with E-state index in [1.165, 1.54) is 0 Å². The summed E-state index contributed by atoms with van der Waals surface area (Å²) >= 11 is 0. The van der Waals surface area contributed by atoms with Crippen molar-refractivity contribution in [2.24, 2.45) is 0 Å². The molecule has 8 nitrogen and oxygen atoms in total. The molecule has 8 heteroatoms. The molecule has 0 aromatic heterocycles. The summed E-state index contributed by atoms with van der Waals surface area (Å²) in [6.45, 7) is 10.3. The van der Waals surface area contributed by atoms with Crippen LogP contribution < -0.4 is 10.6 Å². The summed E-state index contributed by atoms with van der Waals surface area (Å²) in [6, 6.07) is 13.5. The van der Waals surface area contributed by atoms with E-state index in [0.717, 1.165) is 10.5 Å². The maximum Gasteiger partial charge on any atom is 0.325 e. The second kappa shape index (κ2) is 10.1. The number of nitrogens with zero attached hydrogens (tertiary/aromatic N) is 2. The van der Waals surface area contributed by atoms with Crippen LogP contribution in [0.4, 0.5) is 10.5 Å². The number of hydrogen-bond acceptors (Lipinski definition) is 4. The largest absolute Gasteiger partial charge is 0.339 e. The molecule has 3 rings (SSSR count). The van der Waals surface area contributed by atoms with Crippen molar-refractivity contribution in [2.45, 2.75) is 46.1 Å². The molecule has 2 aromatic carbocycles. The predicted octanol–water partition coefficient (Wildman–Crippen LogP) is 3.70. The third-order valence-electron chi connectivity index (χ3n) is 6.18. The molecule has 34 heavy (non-hydrogen) atoms. The maximum absolute atomic E-state index is 13.1. The van der Waals surface area contributed by atoms with Gasteiger partial charge in [0, 0.05) is 24.3 Å². The van der Waals surface area contributed by atoms with Gasteiger partial charge in [-0.2, -0.15) is 0 Å². The lowest BCUT2D eigenvalue weighted by Gasteiger charge is -2.23. The summed E-state index contributed by atoms with van der Waals surface area (Å²) in [5.41, 5.74) is 1.40. The summed E-state index contributed by atoms with van der Waals surface area (Å²) in [4.78, 5) is 53.6. The molecule has 1 saturated heterocycles. The molecule has 2 aromatic rings. The van der Waals surface area contributed by atoms with E-state index < -0.39 is 29.9 Å². The molecule has 1 unspecified atom stereocenters. The van der Waals surface area contributed by atoms with Crippen LogP contribution in [0.15, 0.2) is 48.5 Å². The minimum Gasteiger partial charge on any atom is -0.339 e. The van der Waals surface area contributed by atoms with Crippen molar-refractivity contribution < 1.29 is 19.2 Å². The van der Waals surface area contributed by atoms with Gasteiger partial charge in [0.25, 0.3) is 11.8 Å². The van der Waals surface area contributed by atoms with Crippen LogP contribution in [0, 0.1) is 0 Å². The van der Waals surface area contributed by atoms with Gasteiger partial charge in [-0.15, -0.1) is 0 Å². The zero-order valence-corrected chi connectivity index (χ0v) is 20.3. The number of nitrogens with one attached hydrogen (secondary N) is 2. The minimum absolute atomic E-state index is 0.130. The third-order valence-corrected chi connectivity index (χ3v) is 6.18. The van der Waals surface area contributed by atoms with E-state index >= 15 is 0 Å². The Labute approximate surface area is 200 Å². The summed E-state index contributed by atoms with van der Waals surface area (Å²) in [7, 11) is 0. The van der Waals surface area contributed by atoms with Crippen LogP contribution in [0.2, 0.25) is 0 Å². The van der Waals surface area contributed by atoms with Gasteiger partial charge in [0.2, 0.25) is 5.91 Å². The fourth-order valence-electron chi connectivity index (χ4n) is 4.01. The first-order valence-electron chi connectivity index (χ1n) is 11.5. The average Bonchev–Trinajstić information content (AvgIpc) is 3.03. The van der Waals surface area contributed by atoms with Crippen LogP contribution in [0.3, 0.4) is 0 Å². The smallest absolute Gasteiger partial charge is 0.325 e. The van der Waals surface area contributed by atoms with Crippen LogP contribution in [-0.4, -0.2) is 53.2 Å². The Morgan fingerprint density at radius 1 is 1.06 bits per heavy atom. The van der Waals surface area contributed by atoms with Crippen molar-refractivity contribution in [1.29, 1.82) is 0 Å². The first-order valence-corrected chi connectivity index (χ1v) is 11.5. The number of hydrogen-bond donors (Lipinski definition) is 2. The highest BCUT2D eigenvalue weighted by atomic mass is 16.2. The Morgan fingerprint density at radius 2 is 1.71 bits per heavy atom. The van der Waals surface area contributed by atoms with E-state index in [1.807, 2.05) is 38.1 Å². The van der Waals surface area contributed by atoms with Gasteiger partial charge in [-0.1, -0.05) is 44.2 Å². The summed E-state index contributed by atoms with van der Waals surface area (Å²) in [5, 5.41) is 5.40.